The van der Waals surface area contributed by atoms with E-state index >= 15 is 0 Å². The van der Waals surface area contributed by atoms with E-state index in [0.29, 0.717) is 0 Å². The van der Waals surface area contributed by atoms with Gasteiger partial charge in [-0.15, -0.1) is 0 Å². The fourth-order valence-electron chi connectivity index (χ4n) is 2.66. The molecular formula is C15H10F3NO3. The molecule has 0 bridgehead atoms. The minimum absolute atomic E-state index is 0.0336. The van der Waals surface area contributed by atoms with Crippen LogP contribution in [-0.4, -0.2) is 11.1 Å². The van der Waals surface area contributed by atoms with E-state index in [1.807, 2.05) is 0 Å². The van der Waals surface area contributed by atoms with Gasteiger partial charge in [0.15, 0.2) is 0 Å². The Kier molecular flexibility index (Phi) is 3.09. The summed E-state index contributed by atoms with van der Waals surface area (Å²) in [5.41, 5.74) is -3.07. The number of nitro groups is 1. The van der Waals surface area contributed by atoms with E-state index in [1.165, 1.54) is 42.5 Å². The summed E-state index contributed by atoms with van der Waals surface area (Å²) in [6.45, 7) is 0. The minimum Gasteiger partial charge on any atom is -0.472 e. The first-order valence-electron chi connectivity index (χ1n) is 6.43. The molecule has 2 aromatic carbocycles. The van der Waals surface area contributed by atoms with Crippen molar-refractivity contribution in [2.75, 3.05) is 0 Å². The van der Waals surface area contributed by atoms with E-state index < -0.39 is 23.1 Å². The number of benzene rings is 2. The van der Waals surface area contributed by atoms with Crippen molar-refractivity contribution in [3.05, 3.63) is 69.8 Å². The maximum absolute atomic E-state index is 13.7. The number of nitro benzene ring substituents is 1. The van der Waals surface area contributed by atoms with Crippen LogP contribution in [0.5, 0.6) is 5.75 Å². The molecule has 1 atom stereocenters. The summed E-state index contributed by atoms with van der Waals surface area (Å²) in [5.74, 6) is -0.102. The second kappa shape index (κ2) is 4.72. The van der Waals surface area contributed by atoms with Gasteiger partial charge in [0.25, 0.3) is 5.69 Å². The van der Waals surface area contributed by atoms with Crippen LogP contribution in [0.15, 0.2) is 48.5 Å². The van der Waals surface area contributed by atoms with E-state index in [2.05, 4.69) is 0 Å². The zero-order chi connectivity index (χ0) is 16.0. The number of hydrogen-bond acceptors (Lipinski definition) is 3. The molecule has 1 aliphatic rings. The molecule has 0 radical (unpaired) electrons. The largest absolute Gasteiger partial charge is 0.472 e. The van der Waals surface area contributed by atoms with Crippen LogP contribution >= 0.6 is 0 Å². The Bertz CT molecular complexity index is 731. The van der Waals surface area contributed by atoms with E-state index in [-0.39, 0.29) is 22.6 Å². The van der Waals surface area contributed by atoms with Crippen molar-refractivity contribution in [2.24, 2.45) is 0 Å². The van der Waals surface area contributed by atoms with Gasteiger partial charge in [0.05, 0.1) is 10.5 Å². The van der Waals surface area contributed by atoms with Crippen molar-refractivity contribution in [1.82, 2.24) is 0 Å². The van der Waals surface area contributed by atoms with Crippen LogP contribution in [0, 0.1) is 10.1 Å². The summed E-state index contributed by atoms with van der Waals surface area (Å²) in [6, 6.07) is 11.0. The van der Waals surface area contributed by atoms with Crippen LogP contribution in [0.3, 0.4) is 0 Å². The van der Waals surface area contributed by atoms with Gasteiger partial charge in [-0.05, 0) is 6.07 Å². The first-order valence-corrected chi connectivity index (χ1v) is 6.43. The predicted molar refractivity (Wildman–Crippen MR) is 71.6 cm³/mol. The Hall–Kier alpha value is -2.57. The van der Waals surface area contributed by atoms with Crippen molar-refractivity contribution in [1.29, 1.82) is 0 Å². The third-order valence-corrected chi connectivity index (χ3v) is 3.71. The quantitative estimate of drug-likeness (QED) is 0.622. The summed E-state index contributed by atoms with van der Waals surface area (Å²) in [6.07, 6.45) is -5.33. The van der Waals surface area contributed by atoms with Gasteiger partial charge in [-0.2, -0.15) is 13.2 Å². The lowest BCUT2D eigenvalue weighted by Gasteiger charge is -2.31. The molecule has 4 nitrogen and oxygen atoms in total. The standard InChI is InChI=1S/C15H10F3NO3/c16-15(17,18)14(10-5-2-1-3-6-10)9-11-12(19(20)21)7-4-8-13(11)22-14/h1-8H,9H2. The lowest BCUT2D eigenvalue weighted by Crippen LogP contribution is -2.46. The summed E-state index contributed by atoms with van der Waals surface area (Å²) in [7, 11) is 0. The van der Waals surface area contributed by atoms with Crippen LogP contribution in [0.2, 0.25) is 0 Å². The molecule has 3 rings (SSSR count). The van der Waals surface area contributed by atoms with Gasteiger partial charge < -0.3 is 4.74 Å². The van der Waals surface area contributed by atoms with Crippen molar-refractivity contribution in [3.63, 3.8) is 0 Å². The van der Waals surface area contributed by atoms with Gasteiger partial charge in [-0.3, -0.25) is 10.1 Å². The molecule has 114 valence electrons. The summed E-state index contributed by atoms with van der Waals surface area (Å²) in [4.78, 5) is 10.3. The highest BCUT2D eigenvalue weighted by Crippen LogP contribution is 2.52. The first kappa shape index (κ1) is 14.4. The number of fused-ring (bicyclic) bond motifs is 1. The highest BCUT2D eigenvalue weighted by molar-refractivity contribution is 5.54. The normalized spacial score (nSPS) is 20.3. The second-order valence-electron chi connectivity index (χ2n) is 4.98. The topological polar surface area (TPSA) is 52.4 Å². The number of nitrogens with zero attached hydrogens (tertiary/aromatic N) is 1. The third kappa shape index (κ3) is 2.01. The average molecular weight is 309 g/mol. The fourth-order valence-corrected chi connectivity index (χ4v) is 2.66. The van der Waals surface area contributed by atoms with Crippen molar-refractivity contribution in [3.8, 4) is 5.75 Å². The lowest BCUT2D eigenvalue weighted by molar-refractivity contribution is -0.385. The van der Waals surface area contributed by atoms with Gasteiger partial charge in [0.2, 0.25) is 5.60 Å². The van der Waals surface area contributed by atoms with E-state index in [9.17, 15) is 23.3 Å². The molecule has 1 aliphatic heterocycles. The van der Waals surface area contributed by atoms with Crippen molar-refractivity contribution < 1.29 is 22.8 Å². The maximum atomic E-state index is 13.7. The Labute approximate surface area is 123 Å². The number of halogens is 3. The molecule has 0 amide bonds. The molecule has 0 fully saturated rings. The summed E-state index contributed by atoms with van der Waals surface area (Å²) >= 11 is 0. The number of ether oxygens (including phenoxy) is 1. The van der Waals surface area contributed by atoms with E-state index in [4.69, 9.17) is 4.74 Å². The zero-order valence-corrected chi connectivity index (χ0v) is 11.1. The molecule has 0 saturated carbocycles. The predicted octanol–water partition coefficient (Wildman–Crippen LogP) is 3.99. The summed E-state index contributed by atoms with van der Waals surface area (Å²) in [5, 5.41) is 11.0. The average Bonchev–Trinajstić information content (AvgIpc) is 2.88. The molecule has 2 aromatic rings. The van der Waals surface area contributed by atoms with Crippen LogP contribution in [0.4, 0.5) is 18.9 Å². The third-order valence-electron chi connectivity index (χ3n) is 3.71. The lowest BCUT2D eigenvalue weighted by atomic mass is 9.88. The van der Waals surface area contributed by atoms with Crippen LogP contribution in [-0.2, 0) is 12.0 Å². The molecule has 22 heavy (non-hydrogen) atoms. The van der Waals surface area contributed by atoms with Crippen molar-refractivity contribution >= 4 is 5.69 Å². The molecule has 0 saturated heterocycles. The fraction of sp³-hybridized carbons (Fsp3) is 0.200. The van der Waals surface area contributed by atoms with Gasteiger partial charge >= 0.3 is 6.18 Å². The molecule has 0 spiro atoms. The molecule has 0 aliphatic carbocycles. The molecule has 1 unspecified atom stereocenters. The Morgan fingerprint density at radius 2 is 1.77 bits per heavy atom. The molecular weight excluding hydrogens is 299 g/mol. The highest BCUT2D eigenvalue weighted by Gasteiger charge is 2.62. The molecule has 7 heteroatoms. The Morgan fingerprint density at radius 1 is 1.09 bits per heavy atom. The highest BCUT2D eigenvalue weighted by atomic mass is 19.4. The maximum Gasteiger partial charge on any atom is 0.432 e. The van der Waals surface area contributed by atoms with Gasteiger partial charge in [-0.1, -0.05) is 36.4 Å². The van der Waals surface area contributed by atoms with E-state index in [0.717, 1.165) is 0 Å². The number of alkyl halides is 3. The number of rotatable bonds is 2. The Balaban J connectivity index is 2.17. The minimum atomic E-state index is -4.71. The molecule has 1 heterocycles. The monoisotopic (exact) mass is 309 g/mol. The van der Waals surface area contributed by atoms with Gasteiger partial charge in [-0.25, -0.2) is 0 Å². The Morgan fingerprint density at radius 3 is 2.36 bits per heavy atom. The first-order chi connectivity index (χ1) is 10.3. The van der Waals surface area contributed by atoms with Gasteiger partial charge in [0, 0.05) is 18.1 Å². The van der Waals surface area contributed by atoms with Crippen molar-refractivity contribution in [2.45, 2.75) is 18.2 Å². The summed E-state index contributed by atoms with van der Waals surface area (Å²) < 4.78 is 46.3. The zero-order valence-electron chi connectivity index (χ0n) is 11.1. The van der Waals surface area contributed by atoms with Crippen LogP contribution in [0.1, 0.15) is 11.1 Å². The van der Waals surface area contributed by atoms with Crippen LogP contribution in [0.25, 0.3) is 0 Å². The second-order valence-corrected chi connectivity index (χ2v) is 4.98. The van der Waals surface area contributed by atoms with Gasteiger partial charge in [0.1, 0.15) is 5.75 Å². The molecule has 0 N–H and O–H groups in total. The molecule has 0 aromatic heterocycles. The SMILES string of the molecule is O=[N+]([O-])c1cccc2c1CC(c1ccccc1)(C(F)(F)F)O2. The number of hydrogen-bond donors (Lipinski definition) is 0. The van der Waals surface area contributed by atoms with E-state index in [1.54, 1.807) is 6.07 Å². The van der Waals surface area contributed by atoms with Crippen LogP contribution < -0.4 is 4.74 Å². The smallest absolute Gasteiger partial charge is 0.432 e.